The number of anilines is 1. The summed E-state index contributed by atoms with van der Waals surface area (Å²) in [6, 6.07) is 6.75. The number of carboxylic acid groups (broad SMARTS) is 1. The minimum absolute atomic E-state index is 0.0399. The van der Waals surface area contributed by atoms with Gasteiger partial charge in [0.2, 0.25) is 0 Å². The molecular weight excluding hydrogens is 374 g/mol. The highest BCUT2D eigenvalue weighted by Crippen LogP contribution is 2.41. The quantitative estimate of drug-likeness (QED) is 0.774. The van der Waals surface area contributed by atoms with Gasteiger partial charge in [-0.3, -0.25) is 9.59 Å². The number of amides is 1. The Bertz CT molecular complexity index is 846. The zero-order valence-corrected chi connectivity index (χ0v) is 15.3. The molecule has 0 saturated carbocycles. The number of hydrogen-bond acceptors (Lipinski definition) is 6. The van der Waals surface area contributed by atoms with E-state index in [9.17, 15) is 9.59 Å². The van der Waals surface area contributed by atoms with Crippen LogP contribution >= 0.6 is 11.6 Å². The fourth-order valence-electron chi connectivity index (χ4n) is 2.74. The highest BCUT2D eigenvalue weighted by molar-refractivity contribution is 6.32. The van der Waals surface area contributed by atoms with Crippen molar-refractivity contribution in [1.29, 1.82) is 0 Å². The Balaban J connectivity index is 1.87. The second kappa shape index (κ2) is 8.22. The van der Waals surface area contributed by atoms with E-state index in [1.165, 1.54) is 4.90 Å². The number of carbonyl (C=O) groups excluding carboxylic acids is 1. The molecule has 27 heavy (non-hydrogen) atoms. The van der Waals surface area contributed by atoms with Gasteiger partial charge in [0.05, 0.1) is 17.1 Å². The SMILES string of the molecule is CC[C@H](Oc1cc2c(cc1Cl)N(CCC(=O)O)C(=O)CO2)c1cccnn1. The lowest BCUT2D eigenvalue weighted by Gasteiger charge is -2.30. The predicted molar refractivity (Wildman–Crippen MR) is 97.2 cm³/mol. The summed E-state index contributed by atoms with van der Waals surface area (Å²) in [7, 11) is 0. The number of halogens is 1. The van der Waals surface area contributed by atoms with Gasteiger partial charge in [-0.25, -0.2) is 0 Å². The average molecular weight is 392 g/mol. The smallest absolute Gasteiger partial charge is 0.305 e. The molecule has 2 heterocycles. The first-order valence-corrected chi connectivity index (χ1v) is 8.80. The zero-order chi connectivity index (χ0) is 19.4. The number of aromatic nitrogens is 2. The lowest BCUT2D eigenvalue weighted by atomic mass is 10.1. The molecule has 0 saturated heterocycles. The molecule has 1 aromatic heterocycles. The molecule has 1 atom stereocenters. The minimum Gasteiger partial charge on any atom is -0.482 e. The molecule has 9 heteroatoms. The standard InChI is InChI=1S/C18H18ClN3O5/c1-2-14(12-4-3-6-20-21-12)27-15-9-16-13(8-11(15)19)22(7-5-18(24)25)17(23)10-26-16/h3-4,6,8-9,14H,2,5,7,10H2,1H3,(H,24,25)/t14-/m0/s1. The van der Waals surface area contributed by atoms with Gasteiger partial charge in [-0.15, -0.1) is 0 Å². The van der Waals surface area contributed by atoms with Crippen molar-refractivity contribution in [3.8, 4) is 11.5 Å². The van der Waals surface area contributed by atoms with Crippen LogP contribution in [0, 0.1) is 0 Å². The third kappa shape index (κ3) is 4.28. The molecule has 3 rings (SSSR count). The minimum atomic E-state index is -0.989. The first kappa shape index (κ1) is 18.9. The van der Waals surface area contributed by atoms with Gasteiger partial charge in [0.1, 0.15) is 23.3 Å². The summed E-state index contributed by atoms with van der Waals surface area (Å²) >= 11 is 6.35. The molecule has 1 aliphatic heterocycles. The van der Waals surface area contributed by atoms with E-state index in [4.69, 9.17) is 26.2 Å². The zero-order valence-electron chi connectivity index (χ0n) is 14.6. The van der Waals surface area contributed by atoms with Crippen molar-refractivity contribution in [3.05, 3.63) is 41.2 Å². The van der Waals surface area contributed by atoms with Gasteiger partial charge in [0.25, 0.3) is 5.91 Å². The number of hydrogen-bond donors (Lipinski definition) is 1. The van der Waals surface area contributed by atoms with Gasteiger partial charge in [0, 0.05) is 18.8 Å². The second-order valence-corrected chi connectivity index (χ2v) is 6.30. The van der Waals surface area contributed by atoms with Crippen molar-refractivity contribution >= 4 is 29.2 Å². The van der Waals surface area contributed by atoms with Crippen molar-refractivity contribution in [3.63, 3.8) is 0 Å². The molecule has 1 aromatic carbocycles. The van der Waals surface area contributed by atoms with Crippen molar-refractivity contribution in [1.82, 2.24) is 10.2 Å². The van der Waals surface area contributed by atoms with Gasteiger partial charge in [0.15, 0.2) is 6.61 Å². The van der Waals surface area contributed by atoms with Gasteiger partial charge in [-0.1, -0.05) is 18.5 Å². The number of carboxylic acids is 1. The summed E-state index contributed by atoms with van der Waals surface area (Å²) in [5.41, 5.74) is 1.10. The highest BCUT2D eigenvalue weighted by Gasteiger charge is 2.28. The predicted octanol–water partition coefficient (Wildman–Crippen LogP) is 2.86. The summed E-state index contributed by atoms with van der Waals surface area (Å²) < 4.78 is 11.5. The number of benzene rings is 1. The number of rotatable bonds is 7. The Morgan fingerprint density at radius 2 is 2.30 bits per heavy atom. The summed E-state index contributed by atoms with van der Waals surface area (Å²) in [6.45, 7) is 1.82. The third-order valence-electron chi connectivity index (χ3n) is 4.07. The Kier molecular flexibility index (Phi) is 5.75. The van der Waals surface area contributed by atoms with Gasteiger partial charge >= 0.3 is 5.97 Å². The number of nitrogens with zero attached hydrogens (tertiary/aromatic N) is 3. The Labute approximate surface area is 160 Å². The summed E-state index contributed by atoms with van der Waals surface area (Å²) in [6.07, 6.45) is 1.71. The first-order valence-electron chi connectivity index (χ1n) is 8.42. The van der Waals surface area contributed by atoms with Crippen LogP contribution in [-0.2, 0) is 9.59 Å². The van der Waals surface area contributed by atoms with Crippen molar-refractivity contribution in [2.75, 3.05) is 18.1 Å². The molecule has 0 fully saturated rings. The second-order valence-electron chi connectivity index (χ2n) is 5.89. The van der Waals surface area contributed by atoms with Crippen molar-refractivity contribution in [2.24, 2.45) is 0 Å². The van der Waals surface area contributed by atoms with Gasteiger partial charge < -0.3 is 19.5 Å². The maximum absolute atomic E-state index is 12.1. The Morgan fingerprint density at radius 3 is 2.96 bits per heavy atom. The fourth-order valence-corrected chi connectivity index (χ4v) is 2.94. The van der Waals surface area contributed by atoms with E-state index < -0.39 is 5.97 Å². The molecule has 0 aliphatic carbocycles. The molecule has 2 aromatic rings. The number of carbonyl (C=O) groups is 2. The van der Waals surface area contributed by atoms with E-state index in [1.54, 1.807) is 24.4 Å². The van der Waals surface area contributed by atoms with Crippen LogP contribution in [0.25, 0.3) is 0 Å². The molecule has 1 amide bonds. The van der Waals surface area contributed by atoms with Crippen LogP contribution in [0.4, 0.5) is 5.69 Å². The monoisotopic (exact) mass is 391 g/mol. The number of fused-ring (bicyclic) bond motifs is 1. The maximum atomic E-state index is 12.1. The summed E-state index contributed by atoms with van der Waals surface area (Å²) in [4.78, 5) is 24.3. The van der Waals surface area contributed by atoms with E-state index in [0.717, 1.165) is 0 Å². The molecule has 1 aliphatic rings. The van der Waals surface area contributed by atoms with E-state index in [-0.39, 0.29) is 36.6 Å². The molecule has 0 spiro atoms. The first-order chi connectivity index (χ1) is 13.0. The summed E-state index contributed by atoms with van der Waals surface area (Å²) in [5, 5.41) is 17.1. The fraction of sp³-hybridized carbons (Fsp3) is 0.333. The lowest BCUT2D eigenvalue weighted by Crippen LogP contribution is -2.40. The number of aliphatic carboxylic acids is 1. The van der Waals surface area contributed by atoms with E-state index in [2.05, 4.69) is 10.2 Å². The lowest BCUT2D eigenvalue weighted by molar-refractivity contribution is -0.136. The number of ether oxygens (including phenoxy) is 2. The van der Waals surface area contributed by atoms with Crippen LogP contribution in [0.5, 0.6) is 11.5 Å². The molecule has 0 radical (unpaired) electrons. The van der Waals surface area contributed by atoms with Crippen LogP contribution in [-0.4, -0.2) is 40.3 Å². The molecule has 0 bridgehead atoms. The molecular formula is C18H18ClN3O5. The van der Waals surface area contributed by atoms with Crippen molar-refractivity contribution in [2.45, 2.75) is 25.9 Å². The topological polar surface area (TPSA) is 102 Å². The van der Waals surface area contributed by atoms with Crippen LogP contribution in [0.15, 0.2) is 30.5 Å². The highest BCUT2D eigenvalue weighted by atomic mass is 35.5. The maximum Gasteiger partial charge on any atom is 0.305 e. The molecule has 1 N–H and O–H groups in total. The van der Waals surface area contributed by atoms with Gasteiger partial charge in [-0.05, 0) is 24.6 Å². The third-order valence-corrected chi connectivity index (χ3v) is 4.36. The summed E-state index contributed by atoms with van der Waals surface area (Å²) in [5.74, 6) is -0.509. The van der Waals surface area contributed by atoms with E-state index in [1.807, 2.05) is 13.0 Å². The van der Waals surface area contributed by atoms with Crippen LogP contribution in [0.2, 0.25) is 5.02 Å². The van der Waals surface area contributed by atoms with Gasteiger partial charge in [-0.2, -0.15) is 10.2 Å². The molecule has 0 unspecified atom stereocenters. The van der Waals surface area contributed by atoms with E-state index in [0.29, 0.717) is 29.3 Å². The molecule has 8 nitrogen and oxygen atoms in total. The normalized spacial score (nSPS) is 14.3. The van der Waals surface area contributed by atoms with Crippen LogP contribution in [0.3, 0.4) is 0 Å². The largest absolute Gasteiger partial charge is 0.482 e. The van der Waals surface area contributed by atoms with Crippen LogP contribution in [0.1, 0.15) is 31.6 Å². The van der Waals surface area contributed by atoms with Crippen molar-refractivity contribution < 1.29 is 24.2 Å². The Hall–Kier alpha value is -2.87. The van der Waals surface area contributed by atoms with E-state index >= 15 is 0 Å². The Morgan fingerprint density at radius 1 is 1.48 bits per heavy atom. The average Bonchev–Trinajstić information content (AvgIpc) is 2.66. The molecule has 142 valence electrons. The van der Waals surface area contributed by atoms with Crippen LogP contribution < -0.4 is 14.4 Å².